The lowest BCUT2D eigenvalue weighted by Gasteiger charge is -2.07. The summed E-state index contributed by atoms with van der Waals surface area (Å²) in [5.74, 6) is -0.125. The number of aromatic amines is 1. The first-order valence-corrected chi connectivity index (χ1v) is 6.89. The number of aromatic nitrogens is 3. The second kappa shape index (κ2) is 6.56. The molecule has 1 heterocycles. The van der Waals surface area contributed by atoms with E-state index >= 15 is 0 Å². The van der Waals surface area contributed by atoms with Crippen molar-refractivity contribution in [2.24, 2.45) is 0 Å². The molecule has 0 spiro atoms. The van der Waals surface area contributed by atoms with Gasteiger partial charge in [0.25, 0.3) is 0 Å². The fourth-order valence-corrected chi connectivity index (χ4v) is 2.13. The van der Waals surface area contributed by atoms with Crippen LogP contribution in [0.4, 0.5) is 11.4 Å². The standard InChI is InChI=1S/C15H14N6O2/c22-9-16-18-11-3-1-10(2-4-11)7-15(23)17-12-5-6-13-14(8-12)20-21-19-13/h1-6,8-9,18H,7H2,(H,16,22)(H,17,23)(H,19,20,21). The summed E-state index contributed by atoms with van der Waals surface area (Å²) in [6, 6.07) is 12.5. The van der Waals surface area contributed by atoms with Crippen LogP contribution in [0.5, 0.6) is 0 Å². The third-order valence-corrected chi connectivity index (χ3v) is 3.20. The fraction of sp³-hybridized carbons (Fsp3) is 0.0667. The van der Waals surface area contributed by atoms with Crippen LogP contribution in [0.3, 0.4) is 0 Å². The summed E-state index contributed by atoms with van der Waals surface area (Å²) >= 11 is 0. The second-order valence-corrected chi connectivity index (χ2v) is 4.85. The number of carbonyl (C=O) groups is 2. The first kappa shape index (κ1) is 14.5. The van der Waals surface area contributed by atoms with Gasteiger partial charge in [0, 0.05) is 5.69 Å². The normalized spacial score (nSPS) is 10.3. The van der Waals surface area contributed by atoms with Crippen LogP contribution in [0, 0.1) is 0 Å². The molecule has 0 bridgehead atoms. The molecule has 0 unspecified atom stereocenters. The minimum Gasteiger partial charge on any atom is -0.326 e. The zero-order valence-corrected chi connectivity index (χ0v) is 12.0. The number of nitrogens with zero attached hydrogens (tertiary/aromatic N) is 2. The lowest BCUT2D eigenvalue weighted by molar-refractivity contribution is -0.115. The highest BCUT2D eigenvalue weighted by atomic mass is 16.1. The topological polar surface area (TPSA) is 112 Å². The highest BCUT2D eigenvalue weighted by molar-refractivity contribution is 5.94. The first-order valence-electron chi connectivity index (χ1n) is 6.89. The molecule has 0 aliphatic rings. The predicted octanol–water partition coefficient (Wildman–Crippen LogP) is 1.21. The van der Waals surface area contributed by atoms with E-state index in [-0.39, 0.29) is 12.3 Å². The van der Waals surface area contributed by atoms with Gasteiger partial charge in [-0.2, -0.15) is 0 Å². The zero-order chi connectivity index (χ0) is 16.1. The van der Waals surface area contributed by atoms with Gasteiger partial charge in [-0.25, -0.2) is 0 Å². The molecule has 3 aromatic rings. The van der Waals surface area contributed by atoms with Gasteiger partial charge in [0.1, 0.15) is 5.52 Å². The van der Waals surface area contributed by atoms with E-state index in [2.05, 4.69) is 31.6 Å². The van der Waals surface area contributed by atoms with Crippen molar-refractivity contribution < 1.29 is 9.59 Å². The molecule has 2 amide bonds. The number of hydrazine groups is 1. The molecule has 0 fully saturated rings. The predicted molar refractivity (Wildman–Crippen MR) is 85.5 cm³/mol. The van der Waals surface area contributed by atoms with Gasteiger partial charge in [0.05, 0.1) is 17.6 Å². The van der Waals surface area contributed by atoms with Gasteiger partial charge in [-0.3, -0.25) is 25.5 Å². The van der Waals surface area contributed by atoms with Crippen LogP contribution in [-0.4, -0.2) is 27.7 Å². The number of benzene rings is 2. The number of H-pyrrole nitrogens is 1. The average molecular weight is 310 g/mol. The molecule has 0 aliphatic carbocycles. The van der Waals surface area contributed by atoms with E-state index in [0.29, 0.717) is 17.6 Å². The van der Waals surface area contributed by atoms with Gasteiger partial charge >= 0.3 is 0 Å². The molecule has 0 aliphatic heterocycles. The summed E-state index contributed by atoms with van der Waals surface area (Å²) in [4.78, 5) is 22.3. The van der Waals surface area contributed by atoms with E-state index < -0.39 is 0 Å². The van der Waals surface area contributed by atoms with Gasteiger partial charge in [-0.05, 0) is 35.9 Å². The molecule has 2 aromatic carbocycles. The van der Waals surface area contributed by atoms with Crippen LogP contribution >= 0.6 is 0 Å². The second-order valence-electron chi connectivity index (χ2n) is 4.85. The molecular formula is C15H14N6O2. The van der Waals surface area contributed by atoms with Gasteiger partial charge in [0.15, 0.2) is 0 Å². The van der Waals surface area contributed by atoms with Crippen molar-refractivity contribution in [3.05, 3.63) is 48.0 Å². The summed E-state index contributed by atoms with van der Waals surface area (Å²) in [5.41, 5.74) is 8.82. The Hall–Kier alpha value is -3.42. The van der Waals surface area contributed by atoms with E-state index in [1.807, 2.05) is 18.2 Å². The van der Waals surface area contributed by atoms with Crippen LogP contribution in [0.2, 0.25) is 0 Å². The first-order chi connectivity index (χ1) is 11.2. The van der Waals surface area contributed by atoms with Crippen LogP contribution in [0.15, 0.2) is 42.5 Å². The van der Waals surface area contributed by atoms with Crippen molar-refractivity contribution in [3.8, 4) is 0 Å². The number of hydrogen-bond acceptors (Lipinski definition) is 5. The number of rotatable bonds is 6. The molecule has 4 N–H and O–H groups in total. The number of nitrogens with one attached hydrogen (secondary N) is 4. The Morgan fingerprint density at radius 1 is 1.13 bits per heavy atom. The van der Waals surface area contributed by atoms with Crippen molar-refractivity contribution in [2.45, 2.75) is 6.42 Å². The van der Waals surface area contributed by atoms with Crippen LogP contribution in [0.25, 0.3) is 11.0 Å². The zero-order valence-electron chi connectivity index (χ0n) is 12.0. The van der Waals surface area contributed by atoms with Crippen LogP contribution in [0.1, 0.15) is 5.56 Å². The molecular weight excluding hydrogens is 296 g/mol. The molecule has 8 nitrogen and oxygen atoms in total. The SMILES string of the molecule is O=CNNc1ccc(CC(=O)Nc2ccc3[nH]nnc3c2)cc1. The van der Waals surface area contributed by atoms with Gasteiger partial charge in [-0.1, -0.05) is 17.3 Å². The van der Waals surface area contributed by atoms with Crippen molar-refractivity contribution >= 4 is 34.7 Å². The van der Waals surface area contributed by atoms with Crippen molar-refractivity contribution in [1.82, 2.24) is 20.8 Å². The molecule has 0 saturated heterocycles. The Bertz CT molecular complexity index is 827. The van der Waals surface area contributed by atoms with Crippen molar-refractivity contribution in [1.29, 1.82) is 0 Å². The Morgan fingerprint density at radius 3 is 2.70 bits per heavy atom. The Balaban J connectivity index is 1.61. The summed E-state index contributed by atoms with van der Waals surface area (Å²) in [6.45, 7) is 0. The highest BCUT2D eigenvalue weighted by Crippen LogP contribution is 2.15. The molecule has 3 rings (SSSR count). The highest BCUT2D eigenvalue weighted by Gasteiger charge is 2.06. The molecule has 0 radical (unpaired) electrons. The number of hydrogen-bond donors (Lipinski definition) is 4. The fourth-order valence-electron chi connectivity index (χ4n) is 2.13. The molecule has 8 heteroatoms. The lowest BCUT2D eigenvalue weighted by Crippen LogP contribution is -2.19. The average Bonchev–Trinajstić information content (AvgIpc) is 3.02. The quantitative estimate of drug-likeness (QED) is 0.404. The Morgan fingerprint density at radius 2 is 1.91 bits per heavy atom. The minimum atomic E-state index is -0.125. The minimum absolute atomic E-state index is 0.125. The lowest BCUT2D eigenvalue weighted by atomic mass is 10.1. The maximum Gasteiger partial charge on any atom is 0.228 e. The van der Waals surface area contributed by atoms with E-state index in [1.165, 1.54) is 0 Å². The van der Waals surface area contributed by atoms with E-state index in [0.717, 1.165) is 16.8 Å². The van der Waals surface area contributed by atoms with Gasteiger partial charge < -0.3 is 5.32 Å². The maximum absolute atomic E-state index is 12.1. The molecule has 23 heavy (non-hydrogen) atoms. The number of anilines is 2. The largest absolute Gasteiger partial charge is 0.326 e. The third-order valence-electron chi connectivity index (χ3n) is 3.20. The monoisotopic (exact) mass is 310 g/mol. The molecule has 116 valence electrons. The smallest absolute Gasteiger partial charge is 0.228 e. The van der Waals surface area contributed by atoms with Crippen LogP contribution in [-0.2, 0) is 16.0 Å². The summed E-state index contributed by atoms with van der Waals surface area (Å²) in [7, 11) is 0. The Kier molecular flexibility index (Phi) is 4.14. The number of carbonyl (C=O) groups excluding carboxylic acids is 2. The maximum atomic E-state index is 12.1. The summed E-state index contributed by atoms with van der Waals surface area (Å²) < 4.78 is 0. The number of fused-ring (bicyclic) bond motifs is 1. The Labute approximate surface area is 131 Å². The van der Waals surface area contributed by atoms with E-state index in [9.17, 15) is 9.59 Å². The third kappa shape index (κ3) is 3.62. The number of amides is 2. The van der Waals surface area contributed by atoms with Crippen molar-refractivity contribution in [2.75, 3.05) is 10.7 Å². The van der Waals surface area contributed by atoms with Gasteiger partial charge in [-0.15, -0.1) is 5.10 Å². The van der Waals surface area contributed by atoms with E-state index in [1.54, 1.807) is 24.3 Å². The summed E-state index contributed by atoms with van der Waals surface area (Å²) in [6.07, 6.45) is 0.797. The molecule has 0 atom stereocenters. The van der Waals surface area contributed by atoms with E-state index in [4.69, 9.17) is 0 Å². The van der Waals surface area contributed by atoms with Crippen molar-refractivity contribution in [3.63, 3.8) is 0 Å². The van der Waals surface area contributed by atoms with Crippen LogP contribution < -0.4 is 16.2 Å². The summed E-state index contributed by atoms with van der Waals surface area (Å²) in [5, 5.41) is 13.2. The van der Waals surface area contributed by atoms with Gasteiger partial charge in [0.2, 0.25) is 12.3 Å². The molecule has 1 aromatic heterocycles. The molecule has 0 saturated carbocycles.